The van der Waals surface area contributed by atoms with E-state index >= 15 is 0 Å². The Kier molecular flexibility index (Phi) is 1.99. The van der Waals surface area contributed by atoms with Crippen LogP contribution in [0.2, 0.25) is 0 Å². The zero-order valence-electron chi connectivity index (χ0n) is 7.30. The molecule has 2 nitrogen and oxygen atoms in total. The number of aryl methyl sites for hydroxylation is 1. The van der Waals surface area contributed by atoms with E-state index in [9.17, 15) is 13.2 Å². The molecule has 76 valence electrons. The number of alkyl halides is 3. The first-order valence-electron chi connectivity index (χ1n) is 4.30. The van der Waals surface area contributed by atoms with Crippen molar-refractivity contribution in [2.75, 3.05) is 0 Å². The molecule has 0 spiro atoms. The minimum Gasteiger partial charge on any atom is -0.324 e. The first-order chi connectivity index (χ1) is 6.48. The molecule has 1 aliphatic rings. The quantitative estimate of drug-likeness (QED) is 0.699. The second-order valence-corrected chi connectivity index (χ2v) is 3.40. The summed E-state index contributed by atoms with van der Waals surface area (Å²) in [5.74, 6) is 0. The summed E-state index contributed by atoms with van der Waals surface area (Å²) in [6.45, 7) is 0. The van der Waals surface area contributed by atoms with Gasteiger partial charge in [-0.1, -0.05) is 0 Å². The zero-order valence-corrected chi connectivity index (χ0v) is 7.30. The van der Waals surface area contributed by atoms with Gasteiger partial charge in [-0.3, -0.25) is 4.98 Å². The van der Waals surface area contributed by atoms with E-state index in [0.29, 0.717) is 24.1 Å². The minimum atomic E-state index is -4.33. The van der Waals surface area contributed by atoms with Crippen LogP contribution in [0.25, 0.3) is 0 Å². The van der Waals surface area contributed by atoms with Gasteiger partial charge in [0.15, 0.2) is 0 Å². The Hall–Kier alpha value is -1.10. The molecule has 0 fully saturated rings. The van der Waals surface area contributed by atoms with Crippen molar-refractivity contribution in [2.45, 2.75) is 25.1 Å². The highest BCUT2D eigenvalue weighted by atomic mass is 19.4. The van der Waals surface area contributed by atoms with Crippen LogP contribution < -0.4 is 5.73 Å². The van der Waals surface area contributed by atoms with Gasteiger partial charge in [-0.2, -0.15) is 13.2 Å². The lowest BCUT2D eigenvalue weighted by molar-refractivity contribution is -0.137. The Labute approximate surface area is 78.9 Å². The van der Waals surface area contributed by atoms with Crippen molar-refractivity contribution in [1.82, 2.24) is 4.98 Å². The van der Waals surface area contributed by atoms with E-state index in [1.165, 1.54) is 0 Å². The Morgan fingerprint density at radius 3 is 2.79 bits per heavy atom. The zero-order chi connectivity index (χ0) is 10.3. The molecule has 0 saturated carbocycles. The van der Waals surface area contributed by atoms with Gasteiger partial charge in [-0.15, -0.1) is 0 Å². The first kappa shape index (κ1) is 9.45. The van der Waals surface area contributed by atoms with Gasteiger partial charge < -0.3 is 5.73 Å². The van der Waals surface area contributed by atoms with E-state index in [0.717, 1.165) is 12.3 Å². The summed E-state index contributed by atoms with van der Waals surface area (Å²) < 4.78 is 36.9. The second kappa shape index (κ2) is 2.95. The van der Waals surface area contributed by atoms with E-state index < -0.39 is 11.7 Å². The van der Waals surface area contributed by atoms with Gasteiger partial charge in [-0.05, 0) is 24.5 Å². The molecule has 1 aliphatic carbocycles. The average Bonchev–Trinajstić information content (AvgIpc) is 2.46. The lowest BCUT2D eigenvalue weighted by Crippen LogP contribution is -2.10. The number of nitrogens with two attached hydrogens (primary N) is 1. The van der Waals surface area contributed by atoms with Gasteiger partial charge in [0.1, 0.15) is 0 Å². The number of aromatic nitrogens is 1. The third-order valence-electron chi connectivity index (χ3n) is 2.42. The molecule has 1 unspecified atom stereocenters. The number of hydrogen-bond donors (Lipinski definition) is 1. The van der Waals surface area contributed by atoms with Crippen molar-refractivity contribution < 1.29 is 13.2 Å². The van der Waals surface area contributed by atoms with Gasteiger partial charge in [-0.25, -0.2) is 0 Å². The molecular weight excluding hydrogens is 193 g/mol. The molecule has 2 rings (SSSR count). The second-order valence-electron chi connectivity index (χ2n) is 3.40. The van der Waals surface area contributed by atoms with Crippen LogP contribution in [-0.2, 0) is 12.6 Å². The minimum absolute atomic E-state index is 0.292. The summed E-state index contributed by atoms with van der Waals surface area (Å²) >= 11 is 0. The van der Waals surface area contributed by atoms with Gasteiger partial charge in [0.05, 0.1) is 5.56 Å². The highest BCUT2D eigenvalue weighted by Crippen LogP contribution is 2.34. The largest absolute Gasteiger partial charge is 0.417 e. The summed E-state index contributed by atoms with van der Waals surface area (Å²) in [7, 11) is 0. The molecular formula is C9H9F3N2. The number of hydrogen-bond acceptors (Lipinski definition) is 2. The molecule has 1 aromatic heterocycles. The number of rotatable bonds is 0. The van der Waals surface area contributed by atoms with E-state index in [1.807, 2.05) is 0 Å². The summed E-state index contributed by atoms with van der Waals surface area (Å²) in [5, 5.41) is 0. The maximum atomic E-state index is 12.3. The summed E-state index contributed by atoms with van der Waals surface area (Å²) in [4.78, 5) is 3.78. The highest BCUT2D eigenvalue weighted by Gasteiger charge is 2.33. The van der Waals surface area contributed by atoms with Gasteiger partial charge in [0.2, 0.25) is 0 Å². The van der Waals surface area contributed by atoms with E-state index in [4.69, 9.17) is 5.73 Å². The van der Waals surface area contributed by atoms with Crippen molar-refractivity contribution in [1.29, 1.82) is 0 Å². The molecule has 0 aromatic carbocycles. The number of nitrogens with zero attached hydrogens (tertiary/aromatic N) is 1. The molecule has 1 heterocycles. The summed E-state index contributed by atoms with van der Waals surface area (Å²) in [6.07, 6.45) is -2.10. The van der Waals surface area contributed by atoms with Crippen LogP contribution in [0.3, 0.4) is 0 Å². The maximum absolute atomic E-state index is 12.3. The van der Waals surface area contributed by atoms with Crippen molar-refractivity contribution in [3.8, 4) is 0 Å². The molecule has 0 radical (unpaired) electrons. The van der Waals surface area contributed by atoms with Crippen LogP contribution in [-0.4, -0.2) is 4.98 Å². The van der Waals surface area contributed by atoms with Crippen LogP contribution in [0, 0.1) is 0 Å². The Balaban J connectivity index is 2.45. The lowest BCUT2D eigenvalue weighted by Gasteiger charge is -2.09. The normalized spacial score (nSPS) is 21.0. The molecule has 0 aliphatic heterocycles. The molecule has 2 N–H and O–H groups in total. The molecule has 0 saturated heterocycles. The Bertz CT molecular complexity index is 360. The Morgan fingerprint density at radius 2 is 2.14 bits per heavy atom. The van der Waals surface area contributed by atoms with Gasteiger partial charge >= 0.3 is 6.18 Å². The summed E-state index contributed by atoms with van der Waals surface area (Å²) in [6, 6.07) is 0.819. The van der Waals surface area contributed by atoms with Gasteiger partial charge in [0.25, 0.3) is 0 Å². The molecule has 1 aromatic rings. The van der Waals surface area contributed by atoms with Crippen molar-refractivity contribution in [2.24, 2.45) is 5.73 Å². The smallest absolute Gasteiger partial charge is 0.324 e. The average molecular weight is 202 g/mol. The number of pyridine rings is 1. The number of fused-ring (bicyclic) bond motifs is 1. The predicted molar refractivity (Wildman–Crippen MR) is 44.5 cm³/mol. The monoisotopic (exact) mass is 202 g/mol. The van der Waals surface area contributed by atoms with Crippen molar-refractivity contribution in [3.63, 3.8) is 0 Å². The molecule has 0 amide bonds. The molecule has 5 heteroatoms. The van der Waals surface area contributed by atoms with Crippen molar-refractivity contribution in [3.05, 3.63) is 29.1 Å². The first-order valence-corrected chi connectivity index (χ1v) is 4.30. The van der Waals surface area contributed by atoms with E-state index in [-0.39, 0.29) is 6.04 Å². The van der Waals surface area contributed by atoms with Gasteiger partial charge in [0, 0.05) is 17.9 Å². The summed E-state index contributed by atoms with van der Waals surface area (Å²) in [5.41, 5.74) is 6.18. The lowest BCUT2D eigenvalue weighted by atomic mass is 10.1. The number of halogens is 3. The van der Waals surface area contributed by atoms with Crippen LogP contribution in [0.15, 0.2) is 12.3 Å². The topological polar surface area (TPSA) is 38.9 Å². The van der Waals surface area contributed by atoms with Crippen molar-refractivity contribution >= 4 is 0 Å². The van der Waals surface area contributed by atoms with E-state index in [2.05, 4.69) is 4.98 Å². The van der Waals surface area contributed by atoms with Crippen LogP contribution in [0.1, 0.15) is 29.3 Å². The predicted octanol–water partition coefficient (Wildman–Crippen LogP) is 2.05. The third-order valence-corrected chi connectivity index (χ3v) is 2.42. The fraction of sp³-hybridized carbons (Fsp3) is 0.444. The molecule has 14 heavy (non-hydrogen) atoms. The van der Waals surface area contributed by atoms with E-state index in [1.54, 1.807) is 0 Å². The van der Waals surface area contributed by atoms with Crippen LogP contribution in [0.4, 0.5) is 13.2 Å². The molecule has 0 bridgehead atoms. The third kappa shape index (κ3) is 1.48. The highest BCUT2D eigenvalue weighted by molar-refractivity contribution is 5.33. The maximum Gasteiger partial charge on any atom is 0.417 e. The van der Waals surface area contributed by atoms with Crippen LogP contribution >= 0.6 is 0 Å². The SMILES string of the molecule is NC1CCc2ncc(C(F)(F)F)cc21. The standard InChI is InChI=1S/C9H9F3N2/c10-9(11,12)5-3-6-7(13)1-2-8(6)14-4-5/h3-4,7H,1-2,13H2. The Morgan fingerprint density at radius 1 is 1.43 bits per heavy atom. The fourth-order valence-corrected chi connectivity index (χ4v) is 1.64. The van der Waals surface area contributed by atoms with Crippen LogP contribution in [0.5, 0.6) is 0 Å². The fourth-order valence-electron chi connectivity index (χ4n) is 1.64. The molecule has 1 atom stereocenters.